The van der Waals surface area contributed by atoms with Gasteiger partial charge in [-0.2, -0.15) is 13.8 Å². The van der Waals surface area contributed by atoms with Gasteiger partial charge in [-0.05, 0) is 0 Å². The Kier molecular flexibility index (Phi) is 4.45. The van der Waals surface area contributed by atoms with E-state index < -0.39 is 17.4 Å². The summed E-state index contributed by atoms with van der Waals surface area (Å²) in [7, 11) is 2.57. The molecule has 0 aromatic carbocycles. The van der Waals surface area contributed by atoms with Crippen LogP contribution < -0.4 is 15.0 Å². The fourth-order valence-electron chi connectivity index (χ4n) is 2.36. The molecular formula is C13H18F2N4O3. The maximum atomic E-state index is 14.0. The number of ether oxygens (including phenoxy) is 1. The van der Waals surface area contributed by atoms with Crippen molar-refractivity contribution in [2.75, 3.05) is 32.1 Å². The van der Waals surface area contributed by atoms with Crippen LogP contribution in [0.2, 0.25) is 0 Å². The zero-order valence-electron chi connectivity index (χ0n) is 12.3. The molecule has 7 nitrogen and oxygen atoms in total. The molecule has 0 radical (unpaired) electrons. The van der Waals surface area contributed by atoms with E-state index in [0.717, 1.165) is 7.05 Å². The van der Waals surface area contributed by atoms with Gasteiger partial charge < -0.3 is 20.1 Å². The van der Waals surface area contributed by atoms with Crippen LogP contribution in [-0.2, 0) is 4.79 Å². The van der Waals surface area contributed by atoms with E-state index in [-0.39, 0.29) is 25.9 Å². The molecule has 2 heterocycles. The van der Waals surface area contributed by atoms with Gasteiger partial charge in [-0.15, -0.1) is 0 Å². The second-order valence-corrected chi connectivity index (χ2v) is 5.07. The highest BCUT2D eigenvalue weighted by atomic mass is 19.3. The van der Waals surface area contributed by atoms with Crippen LogP contribution in [0.25, 0.3) is 0 Å². The first-order valence-electron chi connectivity index (χ1n) is 6.78. The van der Waals surface area contributed by atoms with Crippen LogP contribution >= 0.6 is 0 Å². The van der Waals surface area contributed by atoms with Gasteiger partial charge in [0.05, 0.1) is 7.11 Å². The minimum atomic E-state index is -3.84. The van der Waals surface area contributed by atoms with Crippen LogP contribution in [0.4, 0.5) is 14.7 Å². The number of rotatable bonds is 4. The van der Waals surface area contributed by atoms with Crippen LogP contribution in [0.1, 0.15) is 12.8 Å². The molecule has 1 aromatic rings. The number of halogens is 2. The molecular weight excluding hydrogens is 298 g/mol. The third kappa shape index (κ3) is 2.80. The predicted molar refractivity (Wildman–Crippen MR) is 74.0 cm³/mol. The van der Waals surface area contributed by atoms with Crippen LogP contribution in [0.15, 0.2) is 12.3 Å². The van der Waals surface area contributed by atoms with Crippen molar-refractivity contribution in [3.05, 3.63) is 12.3 Å². The quantitative estimate of drug-likeness (QED) is 0.825. The first-order valence-corrected chi connectivity index (χ1v) is 6.78. The Morgan fingerprint density at radius 1 is 1.50 bits per heavy atom. The van der Waals surface area contributed by atoms with Gasteiger partial charge in [-0.25, -0.2) is 4.98 Å². The lowest BCUT2D eigenvalue weighted by Gasteiger charge is -2.41. The summed E-state index contributed by atoms with van der Waals surface area (Å²) < 4.78 is 33.0. The summed E-state index contributed by atoms with van der Waals surface area (Å²) in [5.74, 6) is -4.63. The van der Waals surface area contributed by atoms with Crippen molar-refractivity contribution in [2.45, 2.75) is 24.4 Å². The third-order valence-corrected chi connectivity index (χ3v) is 3.80. The summed E-state index contributed by atoms with van der Waals surface area (Å²) in [6, 6.07) is 1.57. The molecule has 1 aliphatic rings. The number of anilines is 1. The summed E-state index contributed by atoms with van der Waals surface area (Å²) in [6.45, 7) is 0.215. The minimum absolute atomic E-state index is 0.107. The standard InChI is InChI=1S/C13H18F2N4O3/c1-16-10(20)13(14,15)12(21)4-7-19(8-5-12)11-17-6-3-9(18-11)22-2/h3,6,21H,4-5,7-8H2,1-2H3,(H,16,20). The molecule has 1 fully saturated rings. The smallest absolute Gasteiger partial charge is 0.352 e. The molecule has 0 bridgehead atoms. The molecule has 2 rings (SSSR count). The number of methoxy groups -OCH3 is 1. The Labute approximate surface area is 126 Å². The molecule has 2 N–H and O–H groups in total. The maximum Gasteiger partial charge on any atom is 0.352 e. The van der Waals surface area contributed by atoms with E-state index in [2.05, 4.69) is 9.97 Å². The summed E-state index contributed by atoms with van der Waals surface area (Å²) in [6.07, 6.45) is 0.961. The van der Waals surface area contributed by atoms with E-state index in [1.807, 2.05) is 5.32 Å². The monoisotopic (exact) mass is 316 g/mol. The number of piperidine rings is 1. The Hall–Kier alpha value is -2.03. The van der Waals surface area contributed by atoms with E-state index in [4.69, 9.17) is 4.74 Å². The van der Waals surface area contributed by atoms with Crippen molar-refractivity contribution in [3.8, 4) is 5.88 Å². The van der Waals surface area contributed by atoms with E-state index in [0.29, 0.717) is 11.8 Å². The largest absolute Gasteiger partial charge is 0.481 e. The molecule has 0 spiro atoms. The number of amides is 1. The molecule has 0 aliphatic carbocycles. The van der Waals surface area contributed by atoms with Gasteiger partial charge in [0.25, 0.3) is 5.91 Å². The Bertz CT molecular complexity index is 548. The first kappa shape index (κ1) is 16.3. The van der Waals surface area contributed by atoms with Gasteiger partial charge in [0.1, 0.15) is 5.60 Å². The van der Waals surface area contributed by atoms with Crippen LogP contribution in [0.3, 0.4) is 0 Å². The van der Waals surface area contributed by atoms with Crippen LogP contribution in [-0.4, -0.2) is 59.8 Å². The topological polar surface area (TPSA) is 87.6 Å². The SMILES string of the molecule is CNC(=O)C(F)(F)C1(O)CCN(c2nccc(OC)n2)CC1. The van der Waals surface area contributed by atoms with E-state index >= 15 is 0 Å². The molecule has 1 saturated heterocycles. The zero-order valence-corrected chi connectivity index (χ0v) is 12.3. The summed E-state index contributed by atoms with van der Waals surface area (Å²) >= 11 is 0. The highest BCUT2D eigenvalue weighted by Crippen LogP contribution is 2.38. The number of nitrogens with one attached hydrogen (secondary N) is 1. The Morgan fingerprint density at radius 3 is 2.68 bits per heavy atom. The van der Waals surface area contributed by atoms with E-state index in [9.17, 15) is 18.7 Å². The second-order valence-electron chi connectivity index (χ2n) is 5.07. The van der Waals surface area contributed by atoms with E-state index in [1.165, 1.54) is 13.3 Å². The summed E-state index contributed by atoms with van der Waals surface area (Å²) in [4.78, 5) is 21.1. The number of aliphatic hydroxyl groups is 1. The third-order valence-electron chi connectivity index (χ3n) is 3.80. The van der Waals surface area contributed by atoms with Crippen molar-refractivity contribution in [2.24, 2.45) is 0 Å². The maximum absolute atomic E-state index is 14.0. The lowest BCUT2D eigenvalue weighted by Crippen LogP contribution is -2.61. The number of hydrogen-bond acceptors (Lipinski definition) is 6. The number of carbonyl (C=O) groups excluding carboxylic acids is 1. The fourth-order valence-corrected chi connectivity index (χ4v) is 2.36. The highest BCUT2D eigenvalue weighted by molar-refractivity contribution is 5.84. The predicted octanol–water partition coefficient (Wildman–Crippen LogP) is 0.198. The van der Waals surface area contributed by atoms with Crippen molar-refractivity contribution in [1.29, 1.82) is 0 Å². The molecule has 1 amide bonds. The van der Waals surface area contributed by atoms with Crippen molar-refractivity contribution in [1.82, 2.24) is 15.3 Å². The second kappa shape index (κ2) is 5.99. The Morgan fingerprint density at radius 2 is 2.14 bits per heavy atom. The minimum Gasteiger partial charge on any atom is -0.481 e. The van der Waals surface area contributed by atoms with Gasteiger partial charge in [-0.1, -0.05) is 0 Å². The van der Waals surface area contributed by atoms with Gasteiger partial charge in [0.2, 0.25) is 11.8 Å². The first-order chi connectivity index (χ1) is 10.3. The van der Waals surface area contributed by atoms with Gasteiger partial charge in [-0.3, -0.25) is 4.79 Å². The summed E-state index contributed by atoms with van der Waals surface area (Å²) in [5, 5.41) is 12.0. The highest BCUT2D eigenvalue weighted by Gasteiger charge is 2.58. The van der Waals surface area contributed by atoms with Gasteiger partial charge in [0.15, 0.2) is 0 Å². The molecule has 122 valence electrons. The number of nitrogens with zero attached hydrogens (tertiary/aromatic N) is 3. The Balaban J connectivity index is 2.10. The van der Waals surface area contributed by atoms with Crippen LogP contribution in [0, 0.1) is 0 Å². The number of hydrogen-bond donors (Lipinski definition) is 2. The average Bonchev–Trinajstić information content (AvgIpc) is 2.54. The van der Waals surface area contributed by atoms with Gasteiger partial charge in [0, 0.05) is 45.2 Å². The van der Waals surface area contributed by atoms with Crippen molar-refractivity contribution < 1.29 is 23.4 Å². The molecule has 0 atom stereocenters. The van der Waals surface area contributed by atoms with Gasteiger partial charge >= 0.3 is 5.92 Å². The van der Waals surface area contributed by atoms with Crippen molar-refractivity contribution in [3.63, 3.8) is 0 Å². The number of aromatic nitrogens is 2. The molecule has 1 aliphatic heterocycles. The number of alkyl halides is 2. The van der Waals surface area contributed by atoms with Crippen molar-refractivity contribution >= 4 is 11.9 Å². The fraction of sp³-hybridized carbons (Fsp3) is 0.615. The van der Waals surface area contributed by atoms with E-state index in [1.54, 1.807) is 11.0 Å². The molecule has 0 saturated carbocycles. The molecule has 9 heteroatoms. The van der Waals surface area contributed by atoms with Crippen LogP contribution in [0.5, 0.6) is 5.88 Å². The lowest BCUT2D eigenvalue weighted by molar-refractivity contribution is -0.197. The lowest BCUT2D eigenvalue weighted by atomic mass is 9.84. The average molecular weight is 316 g/mol. The number of carbonyl (C=O) groups is 1. The molecule has 1 aromatic heterocycles. The zero-order chi connectivity index (χ0) is 16.4. The molecule has 22 heavy (non-hydrogen) atoms. The molecule has 0 unspecified atom stereocenters. The normalized spacial score (nSPS) is 18.0. The summed E-state index contributed by atoms with van der Waals surface area (Å²) in [5.41, 5.74) is -2.37.